The van der Waals surface area contributed by atoms with E-state index in [-0.39, 0.29) is 34.1 Å². The average molecular weight is 593 g/mol. The summed E-state index contributed by atoms with van der Waals surface area (Å²) >= 11 is 12.9. The predicted octanol–water partition coefficient (Wildman–Crippen LogP) is 5.16. The van der Waals surface area contributed by atoms with Gasteiger partial charge >= 0.3 is 12.0 Å². The van der Waals surface area contributed by atoms with Crippen molar-refractivity contribution in [1.29, 1.82) is 0 Å². The highest BCUT2D eigenvalue weighted by atomic mass is 35.5. The number of benzene rings is 3. The molecule has 5 rings (SSSR count). The van der Waals surface area contributed by atoms with E-state index in [2.05, 4.69) is 31.2 Å². The topological polar surface area (TPSA) is 145 Å². The first kappa shape index (κ1) is 28.1. The molecule has 0 aliphatic heterocycles. The first-order valence-electron chi connectivity index (χ1n) is 12.9. The Kier molecular flexibility index (Phi) is 8.23. The molecule has 5 N–H and O–H groups in total. The number of carbonyl (C=O) groups is 3. The molecule has 1 aliphatic carbocycles. The Morgan fingerprint density at radius 2 is 1.78 bits per heavy atom. The highest BCUT2D eigenvalue weighted by Gasteiger charge is 2.27. The lowest BCUT2D eigenvalue weighted by Gasteiger charge is -2.19. The number of amides is 3. The normalized spacial score (nSPS) is 14.7. The van der Waals surface area contributed by atoms with Gasteiger partial charge in [0, 0.05) is 5.39 Å². The number of rotatable bonds is 8. The van der Waals surface area contributed by atoms with Crippen LogP contribution in [0, 0.1) is 6.92 Å². The Morgan fingerprint density at radius 1 is 1.02 bits per heavy atom. The Hall–Kier alpha value is -4.41. The molecule has 210 valence electrons. The van der Waals surface area contributed by atoms with Gasteiger partial charge in [0.05, 0.1) is 45.1 Å². The lowest BCUT2D eigenvalue weighted by Crippen LogP contribution is -2.50. The van der Waals surface area contributed by atoms with Gasteiger partial charge in [-0.1, -0.05) is 65.7 Å². The number of fused-ring (bicyclic) bond motifs is 2. The van der Waals surface area contributed by atoms with Crippen LogP contribution in [0.3, 0.4) is 0 Å². The second kappa shape index (κ2) is 12.0. The molecule has 3 aromatic carbocycles. The van der Waals surface area contributed by atoms with Gasteiger partial charge < -0.3 is 26.4 Å². The molecule has 3 amide bonds. The van der Waals surface area contributed by atoms with Gasteiger partial charge in [-0.15, -0.1) is 0 Å². The molecule has 1 heterocycles. The first-order chi connectivity index (χ1) is 19.7. The number of para-hydroxylation sites is 1. The molecular weight excluding hydrogens is 567 g/mol. The number of nitrogens with one attached hydrogen (secondary N) is 4. The van der Waals surface area contributed by atoms with Crippen LogP contribution in [0.25, 0.3) is 10.9 Å². The molecule has 10 nitrogen and oxygen atoms in total. The van der Waals surface area contributed by atoms with Crippen LogP contribution in [-0.2, 0) is 11.2 Å². The largest absolute Gasteiger partial charge is 0.480 e. The van der Waals surface area contributed by atoms with Gasteiger partial charge in [0.1, 0.15) is 6.04 Å². The number of carboxylic acids is 1. The summed E-state index contributed by atoms with van der Waals surface area (Å²) in [6.07, 6.45) is 1.59. The van der Waals surface area contributed by atoms with Crippen molar-refractivity contribution in [2.45, 2.75) is 31.8 Å². The van der Waals surface area contributed by atoms with Gasteiger partial charge in [-0.2, -0.15) is 0 Å². The average Bonchev–Trinajstić information content (AvgIpc) is 3.35. The predicted molar refractivity (Wildman–Crippen MR) is 157 cm³/mol. The number of hydrogen-bond donors (Lipinski definition) is 5. The molecule has 0 saturated carbocycles. The van der Waals surface area contributed by atoms with E-state index in [1.165, 1.54) is 11.6 Å². The fourth-order valence-electron chi connectivity index (χ4n) is 4.81. The molecule has 1 aromatic heterocycles. The van der Waals surface area contributed by atoms with Crippen molar-refractivity contribution >= 4 is 63.6 Å². The van der Waals surface area contributed by atoms with E-state index in [0.29, 0.717) is 5.69 Å². The molecule has 12 heteroatoms. The number of carboxylic acid groups (broad SMARTS) is 1. The van der Waals surface area contributed by atoms with E-state index < -0.39 is 23.9 Å². The number of hydrogen-bond acceptors (Lipinski definition) is 6. The summed E-state index contributed by atoms with van der Waals surface area (Å²) in [7, 11) is 0. The van der Waals surface area contributed by atoms with Crippen LogP contribution in [0.4, 0.5) is 16.4 Å². The summed E-state index contributed by atoms with van der Waals surface area (Å²) in [6, 6.07) is 16.2. The minimum atomic E-state index is -1.45. The third kappa shape index (κ3) is 6.18. The van der Waals surface area contributed by atoms with Crippen molar-refractivity contribution in [2.75, 3.05) is 11.9 Å². The van der Waals surface area contributed by atoms with Crippen molar-refractivity contribution in [1.82, 2.24) is 25.9 Å². The van der Waals surface area contributed by atoms with E-state index in [1.54, 1.807) is 6.07 Å². The Morgan fingerprint density at radius 3 is 2.59 bits per heavy atom. The Labute approximate surface area is 245 Å². The number of carbonyl (C=O) groups excluding carboxylic acids is 2. The van der Waals surface area contributed by atoms with Crippen molar-refractivity contribution < 1.29 is 19.5 Å². The number of urea groups is 1. The number of aryl methyl sites for hydroxylation is 2. The van der Waals surface area contributed by atoms with Gasteiger partial charge in [0.25, 0.3) is 5.91 Å². The lowest BCUT2D eigenvalue weighted by atomic mass is 10.1. The molecule has 0 fully saturated rings. The first-order valence-corrected chi connectivity index (χ1v) is 13.6. The zero-order chi connectivity index (χ0) is 29.1. The summed E-state index contributed by atoms with van der Waals surface area (Å²) in [5, 5.41) is 21.4. The molecule has 0 radical (unpaired) electrons. The van der Waals surface area contributed by atoms with Crippen molar-refractivity contribution in [3.8, 4) is 0 Å². The van der Waals surface area contributed by atoms with Gasteiger partial charge in [0.2, 0.25) is 5.95 Å². The molecule has 1 aliphatic rings. The molecular formula is C29H26Cl2N6O4. The van der Waals surface area contributed by atoms with Crippen LogP contribution in [0.2, 0.25) is 10.0 Å². The maximum absolute atomic E-state index is 13.2. The number of anilines is 2. The molecule has 2 atom stereocenters. The van der Waals surface area contributed by atoms with Gasteiger partial charge in [0.15, 0.2) is 0 Å². The Bertz CT molecular complexity index is 1660. The molecule has 0 spiro atoms. The zero-order valence-corrected chi connectivity index (χ0v) is 23.4. The van der Waals surface area contributed by atoms with Gasteiger partial charge in [-0.05, 0) is 49.1 Å². The lowest BCUT2D eigenvalue weighted by molar-refractivity contribution is -0.139. The minimum absolute atomic E-state index is 0.0170. The van der Waals surface area contributed by atoms with Crippen LogP contribution >= 0.6 is 23.2 Å². The van der Waals surface area contributed by atoms with E-state index in [4.69, 9.17) is 23.2 Å². The van der Waals surface area contributed by atoms with Crippen LogP contribution in [0.5, 0.6) is 0 Å². The summed E-state index contributed by atoms with van der Waals surface area (Å²) in [5.74, 6) is -1.90. The third-order valence-corrected chi connectivity index (χ3v) is 7.57. The van der Waals surface area contributed by atoms with Crippen LogP contribution in [-0.4, -0.2) is 45.6 Å². The molecule has 4 aromatic rings. The SMILES string of the molecule is Cc1nc(Nc2ccc(Cl)c(C(=O)NC(CNC(=O)NC3CCc4ccccc43)C(=O)O)c2Cl)nc2ccccc12. The number of aromatic nitrogens is 2. The van der Waals surface area contributed by atoms with Crippen molar-refractivity contribution in [3.05, 3.63) is 93.1 Å². The zero-order valence-electron chi connectivity index (χ0n) is 21.9. The minimum Gasteiger partial charge on any atom is -0.480 e. The van der Waals surface area contributed by atoms with Gasteiger partial charge in [-0.3, -0.25) is 4.79 Å². The number of aliphatic carboxylic acids is 1. The highest BCUT2D eigenvalue weighted by molar-refractivity contribution is 6.41. The summed E-state index contributed by atoms with van der Waals surface area (Å²) in [4.78, 5) is 46.6. The summed E-state index contributed by atoms with van der Waals surface area (Å²) in [6.45, 7) is 1.49. The van der Waals surface area contributed by atoms with Crippen molar-refractivity contribution in [3.63, 3.8) is 0 Å². The molecule has 41 heavy (non-hydrogen) atoms. The quantitative estimate of drug-likeness (QED) is 0.190. The summed E-state index contributed by atoms with van der Waals surface area (Å²) < 4.78 is 0. The van der Waals surface area contributed by atoms with E-state index in [9.17, 15) is 19.5 Å². The number of halogens is 2. The van der Waals surface area contributed by atoms with Crippen molar-refractivity contribution in [2.24, 2.45) is 0 Å². The molecule has 2 unspecified atom stereocenters. The van der Waals surface area contributed by atoms with Crippen LogP contribution < -0.4 is 21.3 Å². The monoisotopic (exact) mass is 592 g/mol. The molecule has 0 bridgehead atoms. The van der Waals surface area contributed by atoms with E-state index in [0.717, 1.165) is 35.0 Å². The van der Waals surface area contributed by atoms with E-state index >= 15 is 0 Å². The Balaban J connectivity index is 1.26. The standard InChI is InChI=1S/C29H26Cl2N6O4/c1-15-17-7-4-5-9-20(17)35-28(33-15)36-22-13-11-19(30)24(25(22)31)26(38)34-23(27(39)40)14-32-29(41)37-21-12-10-16-6-2-3-8-18(16)21/h2-9,11,13,21,23H,10,12,14H2,1H3,(H,34,38)(H,39,40)(H2,32,37,41)(H,33,35,36). The fraction of sp³-hybridized carbons (Fsp3) is 0.207. The maximum atomic E-state index is 13.2. The highest BCUT2D eigenvalue weighted by Crippen LogP contribution is 2.34. The van der Waals surface area contributed by atoms with Crippen LogP contribution in [0.1, 0.15) is 39.6 Å². The summed E-state index contributed by atoms with van der Waals surface area (Å²) in [5.41, 5.74) is 3.85. The third-order valence-electron chi connectivity index (χ3n) is 6.87. The van der Waals surface area contributed by atoms with E-state index in [1.807, 2.05) is 55.5 Å². The smallest absolute Gasteiger partial charge is 0.328 e. The van der Waals surface area contributed by atoms with Crippen LogP contribution in [0.15, 0.2) is 60.7 Å². The number of nitrogens with zero attached hydrogens (tertiary/aromatic N) is 2. The fourth-order valence-corrected chi connectivity index (χ4v) is 5.40. The van der Waals surface area contributed by atoms with Gasteiger partial charge in [-0.25, -0.2) is 19.6 Å². The molecule has 0 saturated heterocycles. The second-order valence-corrected chi connectivity index (χ2v) is 10.4. The second-order valence-electron chi connectivity index (χ2n) is 9.57. The maximum Gasteiger partial charge on any atom is 0.328 e.